The van der Waals surface area contributed by atoms with E-state index in [1.807, 2.05) is 40.7 Å². The van der Waals surface area contributed by atoms with Crippen molar-refractivity contribution < 1.29 is 13.2 Å². The average molecular weight is 310 g/mol. The standard InChI is InChI=1S/C17H21F3N2/c1-11-9-12(2)14(16(3,4)5)13(10-11)15(17(18,19)20)22-8-6-7-21-22/h6-10,15H,1-5H3. The third-order valence-electron chi connectivity index (χ3n) is 3.65. The number of nitrogens with zero attached hydrogens (tertiary/aromatic N) is 2. The van der Waals surface area contributed by atoms with Crippen molar-refractivity contribution in [3.8, 4) is 0 Å². The van der Waals surface area contributed by atoms with Crippen molar-refractivity contribution in [3.05, 3.63) is 52.8 Å². The van der Waals surface area contributed by atoms with Crippen LogP contribution in [0.5, 0.6) is 0 Å². The van der Waals surface area contributed by atoms with E-state index < -0.39 is 12.2 Å². The largest absolute Gasteiger partial charge is 0.415 e. The van der Waals surface area contributed by atoms with E-state index in [1.165, 1.54) is 18.5 Å². The van der Waals surface area contributed by atoms with Crippen molar-refractivity contribution in [1.82, 2.24) is 9.78 Å². The van der Waals surface area contributed by atoms with Crippen LogP contribution in [0.25, 0.3) is 0 Å². The Hall–Kier alpha value is -1.78. The van der Waals surface area contributed by atoms with Gasteiger partial charge >= 0.3 is 6.18 Å². The molecule has 0 saturated carbocycles. The van der Waals surface area contributed by atoms with Gasteiger partial charge in [0, 0.05) is 12.4 Å². The summed E-state index contributed by atoms with van der Waals surface area (Å²) in [7, 11) is 0. The highest BCUT2D eigenvalue weighted by Crippen LogP contribution is 2.42. The Balaban J connectivity index is 2.77. The summed E-state index contributed by atoms with van der Waals surface area (Å²) in [6.07, 6.45) is -1.67. The molecule has 0 aliphatic heterocycles. The van der Waals surface area contributed by atoms with Crippen LogP contribution in [0, 0.1) is 13.8 Å². The first-order valence-electron chi connectivity index (χ1n) is 7.19. The van der Waals surface area contributed by atoms with Gasteiger partial charge in [-0.3, -0.25) is 4.68 Å². The quantitative estimate of drug-likeness (QED) is 0.767. The van der Waals surface area contributed by atoms with Crippen molar-refractivity contribution in [2.75, 3.05) is 0 Å². The SMILES string of the molecule is Cc1cc(C)c(C(C)(C)C)c(C(n2cccn2)C(F)(F)F)c1. The maximum Gasteiger partial charge on any atom is 0.415 e. The molecule has 22 heavy (non-hydrogen) atoms. The van der Waals surface area contributed by atoms with E-state index in [2.05, 4.69) is 5.10 Å². The second kappa shape index (κ2) is 5.45. The Morgan fingerprint density at radius 2 is 1.73 bits per heavy atom. The van der Waals surface area contributed by atoms with E-state index in [1.54, 1.807) is 6.07 Å². The number of halogens is 3. The van der Waals surface area contributed by atoms with Gasteiger partial charge in [-0.15, -0.1) is 0 Å². The van der Waals surface area contributed by atoms with Crippen LogP contribution in [0.2, 0.25) is 0 Å². The van der Waals surface area contributed by atoms with E-state index in [-0.39, 0.29) is 11.0 Å². The van der Waals surface area contributed by atoms with Crippen LogP contribution in [0.15, 0.2) is 30.6 Å². The third kappa shape index (κ3) is 3.18. The smallest absolute Gasteiger partial charge is 0.256 e. The molecular weight excluding hydrogens is 289 g/mol. The van der Waals surface area contributed by atoms with Gasteiger partial charge in [-0.2, -0.15) is 18.3 Å². The molecule has 1 aromatic heterocycles. The Labute approximate surface area is 129 Å². The van der Waals surface area contributed by atoms with Gasteiger partial charge in [0.05, 0.1) is 0 Å². The molecule has 0 spiro atoms. The third-order valence-corrected chi connectivity index (χ3v) is 3.65. The fraction of sp³-hybridized carbons (Fsp3) is 0.471. The lowest BCUT2D eigenvalue weighted by Gasteiger charge is -2.31. The van der Waals surface area contributed by atoms with E-state index >= 15 is 0 Å². The summed E-state index contributed by atoms with van der Waals surface area (Å²) in [6, 6.07) is 3.31. The summed E-state index contributed by atoms with van der Waals surface area (Å²) >= 11 is 0. The predicted molar refractivity (Wildman–Crippen MR) is 81.0 cm³/mol. The van der Waals surface area contributed by atoms with Gasteiger partial charge in [0.1, 0.15) is 0 Å². The summed E-state index contributed by atoms with van der Waals surface area (Å²) in [6.45, 7) is 9.49. The zero-order valence-electron chi connectivity index (χ0n) is 13.5. The Kier molecular flexibility index (Phi) is 4.11. The fourth-order valence-electron chi connectivity index (χ4n) is 3.14. The number of aromatic nitrogens is 2. The van der Waals surface area contributed by atoms with Gasteiger partial charge < -0.3 is 0 Å². The maximum absolute atomic E-state index is 13.7. The molecule has 120 valence electrons. The van der Waals surface area contributed by atoms with E-state index in [0.717, 1.165) is 21.4 Å². The molecule has 1 unspecified atom stereocenters. The van der Waals surface area contributed by atoms with Crippen LogP contribution in [0.4, 0.5) is 13.2 Å². The van der Waals surface area contributed by atoms with Crippen LogP contribution in [0.1, 0.15) is 49.1 Å². The predicted octanol–water partition coefficient (Wildman–Crippen LogP) is 4.95. The van der Waals surface area contributed by atoms with Gasteiger partial charge in [-0.25, -0.2) is 0 Å². The van der Waals surface area contributed by atoms with Gasteiger partial charge in [0.25, 0.3) is 0 Å². The molecule has 0 aliphatic rings. The molecule has 0 bridgehead atoms. The molecule has 0 fully saturated rings. The molecule has 0 saturated heterocycles. The van der Waals surface area contributed by atoms with E-state index in [4.69, 9.17) is 0 Å². The molecule has 1 heterocycles. The van der Waals surface area contributed by atoms with Gasteiger partial charge in [-0.05, 0) is 42.0 Å². The summed E-state index contributed by atoms with van der Waals surface area (Å²) in [5.41, 5.74) is 2.33. The maximum atomic E-state index is 13.7. The van der Waals surface area contributed by atoms with Crippen molar-refractivity contribution in [2.45, 2.75) is 52.3 Å². The first kappa shape index (κ1) is 16.6. The van der Waals surface area contributed by atoms with E-state index in [0.29, 0.717) is 0 Å². The van der Waals surface area contributed by atoms with E-state index in [9.17, 15) is 13.2 Å². The van der Waals surface area contributed by atoms with Crippen molar-refractivity contribution in [3.63, 3.8) is 0 Å². The molecule has 0 radical (unpaired) electrons. The molecular formula is C17H21F3N2. The highest BCUT2D eigenvalue weighted by molar-refractivity contribution is 5.45. The minimum Gasteiger partial charge on any atom is -0.256 e. The monoisotopic (exact) mass is 310 g/mol. The number of benzene rings is 1. The number of aryl methyl sites for hydroxylation is 2. The van der Waals surface area contributed by atoms with Crippen molar-refractivity contribution in [1.29, 1.82) is 0 Å². The fourth-order valence-corrected chi connectivity index (χ4v) is 3.14. The number of alkyl halides is 3. The minimum atomic E-state index is -4.41. The lowest BCUT2D eigenvalue weighted by Crippen LogP contribution is -2.31. The lowest BCUT2D eigenvalue weighted by molar-refractivity contribution is -0.159. The Morgan fingerprint density at radius 3 is 2.18 bits per heavy atom. The average Bonchev–Trinajstić information content (AvgIpc) is 2.77. The molecule has 2 rings (SSSR count). The second-order valence-corrected chi connectivity index (χ2v) is 6.73. The number of hydrogen-bond donors (Lipinski definition) is 0. The van der Waals surface area contributed by atoms with Crippen LogP contribution < -0.4 is 0 Å². The lowest BCUT2D eigenvalue weighted by atomic mass is 9.78. The summed E-state index contributed by atoms with van der Waals surface area (Å²) in [5, 5.41) is 3.84. The van der Waals surface area contributed by atoms with Crippen molar-refractivity contribution >= 4 is 0 Å². The molecule has 2 aromatic rings. The van der Waals surface area contributed by atoms with Gasteiger partial charge in [0.2, 0.25) is 0 Å². The molecule has 0 aliphatic carbocycles. The normalized spacial score (nSPS) is 14.2. The topological polar surface area (TPSA) is 17.8 Å². The van der Waals surface area contributed by atoms with Crippen LogP contribution >= 0.6 is 0 Å². The van der Waals surface area contributed by atoms with Crippen LogP contribution in [-0.4, -0.2) is 16.0 Å². The first-order valence-corrected chi connectivity index (χ1v) is 7.19. The zero-order valence-corrected chi connectivity index (χ0v) is 13.5. The van der Waals surface area contributed by atoms with Crippen molar-refractivity contribution in [2.24, 2.45) is 0 Å². The first-order chi connectivity index (χ1) is 10.0. The summed E-state index contributed by atoms with van der Waals surface area (Å²) < 4.78 is 42.2. The number of rotatable bonds is 2. The molecule has 2 nitrogen and oxygen atoms in total. The highest BCUT2D eigenvalue weighted by atomic mass is 19.4. The molecule has 0 amide bonds. The van der Waals surface area contributed by atoms with Gasteiger partial charge in [0.15, 0.2) is 6.04 Å². The Morgan fingerprint density at radius 1 is 1.09 bits per heavy atom. The molecule has 1 aromatic carbocycles. The summed E-state index contributed by atoms with van der Waals surface area (Å²) in [5.74, 6) is 0. The van der Waals surface area contributed by atoms with Gasteiger partial charge in [-0.1, -0.05) is 38.5 Å². The van der Waals surface area contributed by atoms with Crippen LogP contribution in [0.3, 0.4) is 0 Å². The highest BCUT2D eigenvalue weighted by Gasteiger charge is 2.45. The zero-order chi connectivity index (χ0) is 16.7. The summed E-state index contributed by atoms with van der Waals surface area (Å²) in [4.78, 5) is 0. The molecule has 5 heteroatoms. The number of hydrogen-bond acceptors (Lipinski definition) is 1. The second-order valence-electron chi connectivity index (χ2n) is 6.73. The Bertz CT molecular complexity index is 650. The molecule has 0 N–H and O–H groups in total. The van der Waals surface area contributed by atoms with Crippen LogP contribution in [-0.2, 0) is 5.41 Å². The minimum absolute atomic E-state index is 0.279. The molecule has 1 atom stereocenters.